The summed E-state index contributed by atoms with van der Waals surface area (Å²) in [5.74, 6) is -0.0546. The molecule has 0 unspecified atom stereocenters. The Bertz CT molecular complexity index is 1310. The van der Waals surface area contributed by atoms with Gasteiger partial charge in [0.1, 0.15) is 22.9 Å². The number of hydrogen-bond donors (Lipinski definition) is 1. The fourth-order valence-electron chi connectivity index (χ4n) is 4.48. The number of primary amides is 1. The van der Waals surface area contributed by atoms with Crippen molar-refractivity contribution in [3.8, 4) is 5.75 Å². The first kappa shape index (κ1) is 21.8. The van der Waals surface area contributed by atoms with Crippen molar-refractivity contribution in [3.63, 3.8) is 0 Å². The predicted octanol–water partition coefficient (Wildman–Crippen LogP) is 3.50. The fraction of sp³-hybridized carbons (Fsp3) is 0.231. The van der Waals surface area contributed by atoms with Gasteiger partial charge < -0.3 is 20.3 Å². The van der Waals surface area contributed by atoms with E-state index in [2.05, 4.69) is 39.0 Å². The van der Waals surface area contributed by atoms with E-state index in [1.54, 1.807) is 29.8 Å². The Labute approximate surface area is 197 Å². The monoisotopic (exact) mass is 459 g/mol. The van der Waals surface area contributed by atoms with E-state index >= 15 is 0 Å². The summed E-state index contributed by atoms with van der Waals surface area (Å²) in [6.07, 6.45) is 2.25. The lowest BCUT2D eigenvalue weighted by atomic mass is 10.1. The molecular formula is C26H26FN5O2. The van der Waals surface area contributed by atoms with E-state index in [9.17, 15) is 9.18 Å². The largest absolute Gasteiger partial charge is 0.497 e. The van der Waals surface area contributed by atoms with Crippen LogP contribution in [-0.4, -0.2) is 48.6 Å². The number of rotatable bonds is 6. The van der Waals surface area contributed by atoms with Gasteiger partial charge in [-0.25, -0.2) is 9.37 Å². The van der Waals surface area contributed by atoms with Gasteiger partial charge in [0.05, 0.1) is 12.8 Å². The van der Waals surface area contributed by atoms with Crippen molar-refractivity contribution in [2.45, 2.75) is 6.42 Å². The molecule has 1 fully saturated rings. The van der Waals surface area contributed by atoms with Gasteiger partial charge in [0.15, 0.2) is 0 Å². The third-order valence-corrected chi connectivity index (χ3v) is 6.28. The number of imidazole rings is 1. The van der Waals surface area contributed by atoms with E-state index in [4.69, 9.17) is 10.5 Å². The Morgan fingerprint density at radius 2 is 1.56 bits per heavy atom. The van der Waals surface area contributed by atoms with E-state index < -0.39 is 5.91 Å². The second-order valence-electron chi connectivity index (χ2n) is 8.36. The summed E-state index contributed by atoms with van der Waals surface area (Å²) in [6, 6.07) is 18.6. The lowest BCUT2D eigenvalue weighted by Crippen LogP contribution is -2.46. The summed E-state index contributed by atoms with van der Waals surface area (Å²) in [5, 5.41) is 0. The van der Waals surface area contributed by atoms with E-state index in [1.165, 1.54) is 12.1 Å². The smallest absolute Gasteiger partial charge is 0.267 e. The summed E-state index contributed by atoms with van der Waals surface area (Å²) in [6.45, 7) is 3.52. The third kappa shape index (κ3) is 4.26. The van der Waals surface area contributed by atoms with Crippen molar-refractivity contribution in [3.05, 3.63) is 89.6 Å². The van der Waals surface area contributed by atoms with Crippen LogP contribution in [0.3, 0.4) is 0 Å². The predicted molar refractivity (Wildman–Crippen MR) is 130 cm³/mol. The molecule has 0 aliphatic carbocycles. The van der Waals surface area contributed by atoms with Gasteiger partial charge in [-0.1, -0.05) is 12.1 Å². The maximum absolute atomic E-state index is 13.2. The number of carbonyl (C=O) groups excluding carboxylic acids is 1. The molecule has 4 aromatic rings. The van der Waals surface area contributed by atoms with Gasteiger partial charge in [0.25, 0.3) is 5.91 Å². The molecule has 174 valence electrons. The Hall–Kier alpha value is -4.07. The van der Waals surface area contributed by atoms with Crippen LogP contribution in [0.2, 0.25) is 0 Å². The molecule has 0 spiro atoms. The number of fused-ring (bicyclic) bond motifs is 1. The molecule has 0 atom stereocenters. The average Bonchev–Trinajstić information content (AvgIpc) is 3.22. The molecule has 2 N–H and O–H groups in total. The van der Waals surface area contributed by atoms with E-state index in [0.29, 0.717) is 29.2 Å². The van der Waals surface area contributed by atoms with Crippen LogP contribution in [0.1, 0.15) is 21.7 Å². The van der Waals surface area contributed by atoms with Crippen LogP contribution in [0.15, 0.2) is 66.9 Å². The van der Waals surface area contributed by atoms with E-state index in [0.717, 1.165) is 43.1 Å². The van der Waals surface area contributed by atoms with Gasteiger partial charge in [-0.2, -0.15) is 0 Å². The van der Waals surface area contributed by atoms with Crippen LogP contribution >= 0.6 is 0 Å². The molecule has 1 saturated heterocycles. The second kappa shape index (κ2) is 9.05. The number of nitrogens with two attached hydrogens (primary N) is 1. The first-order chi connectivity index (χ1) is 16.5. The number of amides is 1. The highest BCUT2D eigenvalue weighted by molar-refractivity contribution is 5.93. The average molecular weight is 460 g/mol. The number of aromatic nitrogens is 2. The zero-order valence-electron chi connectivity index (χ0n) is 18.9. The molecule has 7 nitrogen and oxygen atoms in total. The van der Waals surface area contributed by atoms with Crippen molar-refractivity contribution in [1.29, 1.82) is 0 Å². The minimum absolute atomic E-state index is 0.214. The molecule has 3 heterocycles. The third-order valence-electron chi connectivity index (χ3n) is 6.28. The quantitative estimate of drug-likeness (QED) is 0.478. The number of benzene rings is 2. The Morgan fingerprint density at radius 1 is 0.971 bits per heavy atom. The zero-order valence-corrected chi connectivity index (χ0v) is 18.9. The second-order valence-corrected chi connectivity index (χ2v) is 8.36. The molecule has 8 heteroatoms. The molecular weight excluding hydrogens is 433 g/mol. The van der Waals surface area contributed by atoms with Crippen LogP contribution in [0.5, 0.6) is 5.75 Å². The summed E-state index contributed by atoms with van der Waals surface area (Å²) in [4.78, 5) is 21.4. The number of pyridine rings is 1. The fourth-order valence-corrected chi connectivity index (χ4v) is 4.48. The van der Waals surface area contributed by atoms with Crippen LogP contribution in [0.25, 0.3) is 5.65 Å². The molecule has 1 aliphatic rings. The molecule has 2 aromatic carbocycles. The zero-order chi connectivity index (χ0) is 23.7. The van der Waals surface area contributed by atoms with E-state index in [-0.39, 0.29) is 5.82 Å². The maximum Gasteiger partial charge on any atom is 0.267 e. The Morgan fingerprint density at radius 3 is 2.12 bits per heavy atom. The van der Waals surface area contributed by atoms with Crippen LogP contribution in [0, 0.1) is 5.82 Å². The minimum atomic E-state index is -0.511. The number of halogens is 1. The summed E-state index contributed by atoms with van der Waals surface area (Å²) in [7, 11) is 1.59. The highest BCUT2D eigenvalue weighted by atomic mass is 19.1. The van der Waals surface area contributed by atoms with Crippen molar-refractivity contribution in [2.75, 3.05) is 43.1 Å². The van der Waals surface area contributed by atoms with Crippen molar-refractivity contribution >= 4 is 22.9 Å². The highest BCUT2D eigenvalue weighted by Gasteiger charge is 2.19. The molecule has 0 bridgehead atoms. The summed E-state index contributed by atoms with van der Waals surface area (Å²) >= 11 is 0. The molecule has 0 radical (unpaired) electrons. The first-order valence-corrected chi connectivity index (χ1v) is 11.2. The minimum Gasteiger partial charge on any atom is -0.497 e. The molecule has 2 aromatic heterocycles. The number of hydrogen-bond acceptors (Lipinski definition) is 5. The standard InChI is InChI=1S/C26H26FN5O2/c1-34-22-10-11-32-24(17-22)29-23(25(32)26(28)33)16-18-2-6-20(7-3-18)30-12-14-31(15-13-30)21-8-4-19(27)5-9-21/h2-11,17H,12-16H2,1H3,(H2,28,33). The normalized spacial score (nSPS) is 13.9. The van der Waals surface area contributed by atoms with Gasteiger partial charge in [-0.15, -0.1) is 0 Å². The van der Waals surface area contributed by atoms with E-state index in [1.807, 2.05) is 12.1 Å². The molecule has 34 heavy (non-hydrogen) atoms. The summed E-state index contributed by atoms with van der Waals surface area (Å²) in [5.41, 5.74) is 10.6. The van der Waals surface area contributed by atoms with Gasteiger partial charge in [0, 0.05) is 56.2 Å². The summed E-state index contributed by atoms with van der Waals surface area (Å²) < 4.78 is 20.2. The van der Waals surface area contributed by atoms with Gasteiger partial charge in [-0.3, -0.25) is 9.20 Å². The van der Waals surface area contributed by atoms with Crippen molar-refractivity contribution in [1.82, 2.24) is 9.38 Å². The number of carbonyl (C=O) groups is 1. The number of nitrogens with zero attached hydrogens (tertiary/aromatic N) is 4. The van der Waals surface area contributed by atoms with Gasteiger partial charge in [-0.05, 0) is 48.0 Å². The Balaban J connectivity index is 1.29. The maximum atomic E-state index is 13.2. The molecule has 1 amide bonds. The van der Waals surface area contributed by atoms with Gasteiger partial charge >= 0.3 is 0 Å². The number of methoxy groups -OCH3 is 1. The van der Waals surface area contributed by atoms with Crippen LogP contribution < -0.4 is 20.3 Å². The number of anilines is 2. The van der Waals surface area contributed by atoms with Crippen molar-refractivity contribution < 1.29 is 13.9 Å². The molecule has 0 saturated carbocycles. The SMILES string of the molecule is COc1ccn2c(C(N)=O)c(Cc3ccc(N4CCN(c5ccc(F)cc5)CC4)cc3)nc2c1. The molecule has 1 aliphatic heterocycles. The van der Waals surface area contributed by atoms with Crippen LogP contribution in [0.4, 0.5) is 15.8 Å². The lowest BCUT2D eigenvalue weighted by Gasteiger charge is -2.37. The van der Waals surface area contributed by atoms with Crippen LogP contribution in [-0.2, 0) is 6.42 Å². The Kier molecular flexibility index (Phi) is 5.79. The molecule has 5 rings (SSSR count). The number of piperazine rings is 1. The lowest BCUT2D eigenvalue weighted by molar-refractivity contribution is 0.0994. The van der Waals surface area contributed by atoms with Gasteiger partial charge in [0.2, 0.25) is 0 Å². The van der Waals surface area contributed by atoms with Crippen molar-refractivity contribution in [2.24, 2.45) is 5.73 Å². The topological polar surface area (TPSA) is 76.1 Å². The first-order valence-electron chi connectivity index (χ1n) is 11.2. The highest BCUT2D eigenvalue weighted by Crippen LogP contribution is 2.24. The number of ether oxygens (including phenoxy) is 1.